The minimum atomic E-state index is -0.829. The molecule has 1 N–H and O–H groups in total. The van der Waals surface area contributed by atoms with Crippen molar-refractivity contribution in [1.82, 2.24) is 15.2 Å². The summed E-state index contributed by atoms with van der Waals surface area (Å²) in [6.07, 6.45) is 1.67. The van der Waals surface area contributed by atoms with E-state index < -0.39 is 6.04 Å². The van der Waals surface area contributed by atoms with Crippen molar-refractivity contribution >= 4 is 11.8 Å². The maximum absolute atomic E-state index is 13.4. The Hall–Kier alpha value is -3.54. The zero-order chi connectivity index (χ0) is 22.2. The first-order chi connectivity index (χ1) is 15.0. The van der Waals surface area contributed by atoms with E-state index in [1.807, 2.05) is 48.5 Å². The predicted molar refractivity (Wildman–Crippen MR) is 117 cm³/mol. The highest BCUT2D eigenvalue weighted by Gasteiger charge is 2.32. The Bertz CT molecular complexity index is 992. The van der Waals surface area contributed by atoms with Gasteiger partial charge in [-0.3, -0.25) is 14.6 Å². The fraction of sp³-hybridized carbons (Fsp3) is 0.240. The van der Waals surface area contributed by atoms with Crippen molar-refractivity contribution in [3.8, 4) is 0 Å². The van der Waals surface area contributed by atoms with Gasteiger partial charge in [-0.1, -0.05) is 62.4 Å². The number of pyridine rings is 1. The molecule has 2 amide bonds. The van der Waals surface area contributed by atoms with Crippen LogP contribution in [0.15, 0.2) is 79.0 Å². The zero-order valence-electron chi connectivity index (χ0n) is 17.7. The summed E-state index contributed by atoms with van der Waals surface area (Å²) in [5.41, 5.74) is 2.17. The number of nitrogens with zero attached hydrogens (tertiary/aromatic N) is 2. The first-order valence-electron chi connectivity index (χ1n) is 10.2. The molecule has 0 aliphatic carbocycles. The highest BCUT2D eigenvalue weighted by atomic mass is 19.1. The van der Waals surface area contributed by atoms with Crippen molar-refractivity contribution in [2.75, 3.05) is 0 Å². The lowest BCUT2D eigenvalue weighted by Gasteiger charge is -2.33. The van der Waals surface area contributed by atoms with Crippen LogP contribution in [0.25, 0.3) is 0 Å². The van der Waals surface area contributed by atoms with E-state index in [4.69, 9.17) is 0 Å². The molecule has 160 valence electrons. The van der Waals surface area contributed by atoms with Crippen molar-refractivity contribution in [3.63, 3.8) is 0 Å². The van der Waals surface area contributed by atoms with Gasteiger partial charge in [0.25, 0.3) is 0 Å². The van der Waals surface area contributed by atoms with Crippen LogP contribution in [0.3, 0.4) is 0 Å². The maximum Gasteiger partial charge on any atom is 0.247 e. The van der Waals surface area contributed by atoms with Crippen molar-refractivity contribution in [3.05, 3.63) is 102 Å². The summed E-state index contributed by atoms with van der Waals surface area (Å²) in [6, 6.07) is 19.8. The second kappa shape index (κ2) is 10.5. The zero-order valence-corrected chi connectivity index (χ0v) is 17.7. The van der Waals surface area contributed by atoms with Gasteiger partial charge in [0.1, 0.15) is 11.9 Å². The molecule has 31 heavy (non-hydrogen) atoms. The minimum Gasteiger partial charge on any atom is -0.348 e. The van der Waals surface area contributed by atoms with Crippen LogP contribution < -0.4 is 5.32 Å². The molecule has 0 saturated carbocycles. The van der Waals surface area contributed by atoms with E-state index in [-0.39, 0.29) is 36.6 Å². The van der Waals surface area contributed by atoms with Crippen molar-refractivity contribution in [1.29, 1.82) is 0 Å². The Kier molecular flexibility index (Phi) is 7.49. The molecule has 1 atom stereocenters. The number of hydrogen-bond acceptors (Lipinski definition) is 3. The highest BCUT2D eigenvalue weighted by molar-refractivity contribution is 5.89. The number of halogens is 1. The molecule has 0 spiro atoms. The van der Waals surface area contributed by atoms with Gasteiger partial charge in [-0.15, -0.1) is 0 Å². The van der Waals surface area contributed by atoms with E-state index in [0.29, 0.717) is 5.56 Å². The van der Waals surface area contributed by atoms with E-state index in [1.165, 1.54) is 12.1 Å². The van der Waals surface area contributed by atoms with Gasteiger partial charge in [-0.2, -0.15) is 0 Å². The molecule has 0 fully saturated rings. The van der Waals surface area contributed by atoms with Gasteiger partial charge in [-0.05, 0) is 35.4 Å². The number of carbonyl (C=O) groups excluding carboxylic acids is 2. The number of amides is 2. The first-order valence-corrected chi connectivity index (χ1v) is 10.2. The average Bonchev–Trinajstić information content (AvgIpc) is 2.79. The van der Waals surface area contributed by atoms with E-state index in [9.17, 15) is 14.0 Å². The number of aromatic nitrogens is 1. The number of rotatable bonds is 8. The summed E-state index contributed by atoms with van der Waals surface area (Å²) >= 11 is 0. The van der Waals surface area contributed by atoms with E-state index in [0.717, 1.165) is 11.3 Å². The van der Waals surface area contributed by atoms with Crippen LogP contribution >= 0.6 is 0 Å². The summed E-state index contributed by atoms with van der Waals surface area (Å²) in [6.45, 7) is 4.04. The lowest BCUT2D eigenvalue weighted by molar-refractivity contribution is -0.144. The molecule has 0 aliphatic rings. The highest BCUT2D eigenvalue weighted by Crippen LogP contribution is 2.26. The van der Waals surface area contributed by atoms with Gasteiger partial charge in [0.05, 0.1) is 12.2 Å². The van der Waals surface area contributed by atoms with Crippen LogP contribution in [-0.2, 0) is 22.7 Å². The smallest absolute Gasteiger partial charge is 0.247 e. The Morgan fingerprint density at radius 1 is 0.968 bits per heavy atom. The summed E-state index contributed by atoms with van der Waals surface area (Å²) < 4.78 is 13.4. The Balaban J connectivity index is 1.93. The van der Waals surface area contributed by atoms with Crippen LogP contribution in [0.4, 0.5) is 4.39 Å². The molecule has 0 bridgehead atoms. The van der Waals surface area contributed by atoms with Crippen LogP contribution in [0.1, 0.15) is 36.7 Å². The van der Waals surface area contributed by atoms with Gasteiger partial charge in [0, 0.05) is 18.7 Å². The molecule has 6 heteroatoms. The standard InChI is InChI=1S/C25H26FN3O2/c1-18(2)25(31)29(17-19-11-13-21(26)14-12-19)23(20-8-4-3-5-9-20)24(30)28-16-22-10-6-7-15-27-22/h3-15,18,23H,16-17H2,1-2H3,(H,28,30)/t23-/m1/s1. The second-order valence-corrected chi connectivity index (χ2v) is 7.60. The quantitative estimate of drug-likeness (QED) is 0.593. The molecule has 0 aliphatic heterocycles. The normalized spacial score (nSPS) is 11.7. The first kappa shape index (κ1) is 22.2. The van der Waals surface area contributed by atoms with Crippen LogP contribution in [0.2, 0.25) is 0 Å². The monoisotopic (exact) mass is 419 g/mol. The van der Waals surface area contributed by atoms with Crippen LogP contribution in [0, 0.1) is 11.7 Å². The third-order valence-electron chi connectivity index (χ3n) is 4.89. The molecule has 1 heterocycles. The molecule has 0 radical (unpaired) electrons. The third-order valence-corrected chi connectivity index (χ3v) is 4.89. The Morgan fingerprint density at radius 2 is 1.65 bits per heavy atom. The van der Waals surface area contributed by atoms with Gasteiger partial charge in [-0.25, -0.2) is 4.39 Å². The lowest BCUT2D eigenvalue weighted by Crippen LogP contribution is -2.44. The molecule has 5 nitrogen and oxygen atoms in total. The second-order valence-electron chi connectivity index (χ2n) is 7.60. The summed E-state index contributed by atoms with van der Waals surface area (Å²) in [4.78, 5) is 32.3. The van der Waals surface area contributed by atoms with Crippen LogP contribution in [0.5, 0.6) is 0 Å². The van der Waals surface area contributed by atoms with E-state index >= 15 is 0 Å². The van der Waals surface area contributed by atoms with E-state index in [1.54, 1.807) is 37.1 Å². The lowest BCUT2D eigenvalue weighted by atomic mass is 10.0. The topological polar surface area (TPSA) is 62.3 Å². The van der Waals surface area contributed by atoms with Gasteiger partial charge in [0.15, 0.2) is 0 Å². The minimum absolute atomic E-state index is 0.161. The van der Waals surface area contributed by atoms with Crippen LogP contribution in [-0.4, -0.2) is 21.7 Å². The SMILES string of the molecule is CC(C)C(=O)N(Cc1ccc(F)cc1)[C@@H](C(=O)NCc1ccccn1)c1ccccc1. The third kappa shape index (κ3) is 5.98. The summed E-state index contributed by atoms with van der Waals surface area (Å²) in [7, 11) is 0. The molecule has 2 aromatic carbocycles. The van der Waals surface area contributed by atoms with Crippen molar-refractivity contribution in [2.24, 2.45) is 5.92 Å². The van der Waals surface area contributed by atoms with Crippen molar-refractivity contribution < 1.29 is 14.0 Å². The number of carbonyl (C=O) groups is 2. The average molecular weight is 420 g/mol. The maximum atomic E-state index is 13.4. The number of nitrogens with one attached hydrogen (secondary N) is 1. The molecule has 0 unspecified atom stereocenters. The molecule has 3 aromatic rings. The van der Waals surface area contributed by atoms with Crippen molar-refractivity contribution in [2.45, 2.75) is 33.0 Å². The van der Waals surface area contributed by atoms with E-state index in [2.05, 4.69) is 10.3 Å². The Labute approximate surface area is 181 Å². The molecule has 0 saturated heterocycles. The molecule has 1 aromatic heterocycles. The largest absolute Gasteiger partial charge is 0.348 e. The summed E-state index contributed by atoms with van der Waals surface area (Å²) in [5.74, 6) is -1.12. The Morgan fingerprint density at radius 3 is 2.26 bits per heavy atom. The molecular formula is C25H26FN3O2. The fourth-order valence-corrected chi connectivity index (χ4v) is 3.30. The van der Waals surface area contributed by atoms with Gasteiger partial charge >= 0.3 is 0 Å². The number of benzene rings is 2. The van der Waals surface area contributed by atoms with Gasteiger partial charge < -0.3 is 10.2 Å². The molecular weight excluding hydrogens is 393 g/mol. The predicted octanol–water partition coefficient (Wildman–Crippen LogP) is 4.26. The fourth-order valence-electron chi connectivity index (χ4n) is 3.30. The molecule has 3 rings (SSSR count). The van der Waals surface area contributed by atoms with Gasteiger partial charge in [0.2, 0.25) is 11.8 Å². The summed E-state index contributed by atoms with van der Waals surface area (Å²) in [5, 5.41) is 2.91. The number of hydrogen-bond donors (Lipinski definition) is 1.